The Kier molecular flexibility index (Phi) is 8.37. The molecule has 0 spiro atoms. The Bertz CT molecular complexity index is 1740. The van der Waals surface area contributed by atoms with Crippen LogP contribution in [-0.2, 0) is 4.74 Å². The number of halogens is 2. The predicted octanol–water partition coefficient (Wildman–Crippen LogP) is 5.46. The molecule has 0 aliphatic heterocycles. The van der Waals surface area contributed by atoms with Gasteiger partial charge in [-0.2, -0.15) is 0 Å². The average Bonchev–Trinajstić information content (AvgIpc) is 3.69. The van der Waals surface area contributed by atoms with Crippen LogP contribution in [0, 0.1) is 5.82 Å². The van der Waals surface area contributed by atoms with Crippen LogP contribution in [0.1, 0.15) is 35.7 Å². The van der Waals surface area contributed by atoms with Gasteiger partial charge in [0.25, 0.3) is 5.91 Å². The minimum atomic E-state index is -0.647. The van der Waals surface area contributed by atoms with Crippen molar-refractivity contribution in [3.05, 3.63) is 83.6 Å². The molecule has 1 saturated carbocycles. The third kappa shape index (κ3) is 5.96. The first-order chi connectivity index (χ1) is 20.9. The first kappa shape index (κ1) is 28.8. The second-order valence-electron chi connectivity index (χ2n) is 10.3. The number of amides is 1. The molecule has 5 aromatic rings. The number of carbonyl (C=O) groups excluding carboxylic acids is 1. The molecular formula is C31H29ClFN5O5. The third-order valence-corrected chi connectivity index (χ3v) is 7.78. The SMILES string of the molecule is CO[C@H]1C[C@H](NC(=O)c2cc(Cl)ccc2F)C[C@H](n2c(-c3ccccc3OCCO)nc3cnc(-c4ncco4)cc32)C1. The number of imidazole rings is 1. The quantitative estimate of drug-likeness (QED) is 0.227. The fourth-order valence-electron chi connectivity index (χ4n) is 5.65. The maximum atomic E-state index is 14.5. The van der Waals surface area contributed by atoms with Gasteiger partial charge < -0.3 is 28.9 Å². The number of nitrogens with one attached hydrogen (secondary N) is 1. The van der Waals surface area contributed by atoms with Gasteiger partial charge in [-0.05, 0) is 55.7 Å². The van der Waals surface area contributed by atoms with E-state index in [1.807, 2.05) is 30.3 Å². The van der Waals surface area contributed by atoms with Gasteiger partial charge in [-0.25, -0.2) is 19.3 Å². The molecule has 3 heterocycles. The van der Waals surface area contributed by atoms with E-state index >= 15 is 0 Å². The summed E-state index contributed by atoms with van der Waals surface area (Å²) in [5, 5.41) is 12.7. The minimum Gasteiger partial charge on any atom is -0.490 e. The number of aliphatic hydroxyl groups is 1. The summed E-state index contributed by atoms with van der Waals surface area (Å²) in [4.78, 5) is 26.9. The second kappa shape index (κ2) is 12.5. The third-order valence-electron chi connectivity index (χ3n) is 7.55. The number of pyridine rings is 1. The molecule has 0 saturated heterocycles. The Morgan fingerprint density at radius 2 is 2.05 bits per heavy atom. The van der Waals surface area contributed by atoms with Crippen molar-refractivity contribution in [2.75, 3.05) is 20.3 Å². The lowest BCUT2D eigenvalue weighted by Gasteiger charge is -2.36. The van der Waals surface area contributed by atoms with Crippen molar-refractivity contribution in [1.82, 2.24) is 24.8 Å². The molecule has 12 heteroatoms. The van der Waals surface area contributed by atoms with E-state index in [0.29, 0.717) is 47.9 Å². The van der Waals surface area contributed by atoms with Crippen molar-refractivity contribution < 1.29 is 28.2 Å². The molecule has 43 heavy (non-hydrogen) atoms. The number of benzene rings is 2. The van der Waals surface area contributed by atoms with Crippen LogP contribution < -0.4 is 10.1 Å². The number of hydrogen-bond acceptors (Lipinski definition) is 8. The van der Waals surface area contributed by atoms with E-state index in [1.54, 1.807) is 19.5 Å². The fraction of sp³-hybridized carbons (Fsp3) is 0.290. The monoisotopic (exact) mass is 605 g/mol. The number of rotatable bonds is 9. The number of aromatic nitrogens is 4. The molecule has 0 bridgehead atoms. The van der Waals surface area contributed by atoms with Crippen LogP contribution in [0.25, 0.3) is 34.0 Å². The van der Waals surface area contributed by atoms with E-state index in [4.69, 9.17) is 30.5 Å². The van der Waals surface area contributed by atoms with Gasteiger partial charge in [-0.3, -0.25) is 4.79 Å². The number of oxazole rings is 1. The van der Waals surface area contributed by atoms with Crippen LogP contribution in [0.2, 0.25) is 5.02 Å². The summed E-state index contributed by atoms with van der Waals surface area (Å²) < 4.78 is 33.8. The molecule has 0 radical (unpaired) electrons. The number of hydrogen-bond donors (Lipinski definition) is 2. The Labute approximate surface area is 251 Å². The van der Waals surface area contributed by atoms with Gasteiger partial charge in [0.1, 0.15) is 41.5 Å². The zero-order valence-corrected chi connectivity index (χ0v) is 24.0. The molecule has 10 nitrogen and oxygen atoms in total. The first-order valence-corrected chi connectivity index (χ1v) is 14.2. The van der Waals surface area contributed by atoms with Gasteiger partial charge in [0, 0.05) is 24.2 Å². The van der Waals surface area contributed by atoms with E-state index in [0.717, 1.165) is 11.1 Å². The number of fused-ring (bicyclic) bond motifs is 1. The normalized spacial score (nSPS) is 18.6. The number of aliphatic hydroxyl groups excluding tert-OH is 1. The highest BCUT2D eigenvalue weighted by Crippen LogP contribution is 2.40. The van der Waals surface area contributed by atoms with Crippen LogP contribution in [0.3, 0.4) is 0 Å². The van der Waals surface area contributed by atoms with E-state index in [9.17, 15) is 14.3 Å². The molecule has 3 aromatic heterocycles. The van der Waals surface area contributed by atoms with Gasteiger partial charge >= 0.3 is 0 Å². The lowest BCUT2D eigenvalue weighted by Crippen LogP contribution is -2.43. The number of para-hydroxylation sites is 1. The fourth-order valence-corrected chi connectivity index (χ4v) is 5.82. The van der Waals surface area contributed by atoms with Crippen molar-refractivity contribution in [2.45, 2.75) is 37.5 Å². The molecule has 6 rings (SSSR count). The van der Waals surface area contributed by atoms with E-state index in [2.05, 4.69) is 19.9 Å². The smallest absolute Gasteiger partial charge is 0.254 e. The Morgan fingerprint density at radius 1 is 1.19 bits per heavy atom. The van der Waals surface area contributed by atoms with E-state index < -0.39 is 11.7 Å². The lowest BCUT2D eigenvalue weighted by atomic mass is 9.87. The van der Waals surface area contributed by atoms with Gasteiger partial charge in [0.15, 0.2) is 0 Å². The molecule has 1 fully saturated rings. The second-order valence-corrected chi connectivity index (χ2v) is 10.7. The molecule has 1 amide bonds. The molecule has 1 aliphatic rings. The van der Waals surface area contributed by atoms with Crippen molar-refractivity contribution >= 4 is 28.5 Å². The molecule has 2 aromatic carbocycles. The van der Waals surface area contributed by atoms with Gasteiger partial charge in [0.2, 0.25) is 5.89 Å². The maximum absolute atomic E-state index is 14.5. The predicted molar refractivity (Wildman–Crippen MR) is 157 cm³/mol. The summed E-state index contributed by atoms with van der Waals surface area (Å²) >= 11 is 6.05. The summed E-state index contributed by atoms with van der Waals surface area (Å²) in [5.74, 6) is 0.368. The largest absolute Gasteiger partial charge is 0.490 e. The minimum absolute atomic E-state index is 0.117. The summed E-state index contributed by atoms with van der Waals surface area (Å²) in [6.07, 6.45) is 6.20. The topological polar surface area (TPSA) is 125 Å². The Morgan fingerprint density at radius 3 is 2.84 bits per heavy atom. The van der Waals surface area contributed by atoms with Crippen LogP contribution in [0.5, 0.6) is 5.75 Å². The number of nitrogens with zero attached hydrogens (tertiary/aromatic N) is 4. The number of carbonyl (C=O) groups is 1. The van der Waals surface area contributed by atoms with Crippen LogP contribution in [0.4, 0.5) is 4.39 Å². The average molecular weight is 606 g/mol. The van der Waals surface area contributed by atoms with E-state index in [1.165, 1.54) is 24.5 Å². The van der Waals surface area contributed by atoms with Gasteiger partial charge in [-0.1, -0.05) is 23.7 Å². The molecular weight excluding hydrogens is 577 g/mol. The van der Waals surface area contributed by atoms with Crippen molar-refractivity contribution in [3.8, 4) is 28.7 Å². The first-order valence-electron chi connectivity index (χ1n) is 13.8. The lowest BCUT2D eigenvalue weighted by molar-refractivity contribution is 0.0397. The Hall–Kier alpha value is -4.32. The highest BCUT2D eigenvalue weighted by atomic mass is 35.5. The molecule has 2 N–H and O–H groups in total. The summed E-state index contributed by atoms with van der Waals surface area (Å²) in [5.41, 5.74) is 2.57. The summed E-state index contributed by atoms with van der Waals surface area (Å²) in [6.45, 7) is -0.0165. The van der Waals surface area contributed by atoms with Crippen molar-refractivity contribution in [3.63, 3.8) is 0 Å². The molecule has 3 atom stereocenters. The zero-order chi connectivity index (χ0) is 29.9. The highest BCUT2D eigenvalue weighted by Gasteiger charge is 2.34. The van der Waals surface area contributed by atoms with E-state index in [-0.39, 0.29) is 42.0 Å². The summed E-state index contributed by atoms with van der Waals surface area (Å²) in [7, 11) is 1.64. The van der Waals surface area contributed by atoms with Crippen LogP contribution in [0.15, 0.2) is 71.6 Å². The maximum Gasteiger partial charge on any atom is 0.254 e. The summed E-state index contributed by atoms with van der Waals surface area (Å²) in [6, 6.07) is 12.7. The molecule has 0 unspecified atom stereocenters. The van der Waals surface area contributed by atoms with Gasteiger partial charge in [0.05, 0.1) is 41.7 Å². The van der Waals surface area contributed by atoms with Gasteiger partial charge in [-0.15, -0.1) is 0 Å². The highest BCUT2D eigenvalue weighted by molar-refractivity contribution is 6.31. The molecule has 222 valence electrons. The van der Waals surface area contributed by atoms with Crippen LogP contribution in [-0.4, -0.2) is 63.0 Å². The Balaban J connectivity index is 1.43. The van der Waals surface area contributed by atoms with Crippen molar-refractivity contribution in [2.24, 2.45) is 0 Å². The van der Waals surface area contributed by atoms with Crippen LogP contribution >= 0.6 is 11.6 Å². The molecule has 1 aliphatic carbocycles. The zero-order valence-electron chi connectivity index (χ0n) is 23.2. The standard InChI is InChI=1S/C31H29ClFN5O5/c1-41-21-14-19(36-30(40)23-12-18(32)6-7-24(23)33)13-20(15-21)38-27-16-25(31-34-8-10-43-31)35-17-26(27)37-29(38)22-4-2-3-5-28(22)42-11-9-39/h2-8,10,12,16-17,19-21,39H,9,11,13-15H2,1H3,(H,36,40)/t19-,20+,21+/m1/s1. The van der Waals surface area contributed by atoms with Crippen molar-refractivity contribution in [1.29, 1.82) is 0 Å². The number of methoxy groups -OCH3 is 1. The number of ether oxygens (including phenoxy) is 2.